The maximum absolute atomic E-state index is 12.2. The summed E-state index contributed by atoms with van der Waals surface area (Å²) in [4.78, 5) is 22.5. The molecule has 2 atom stereocenters. The van der Waals surface area contributed by atoms with Gasteiger partial charge in [0.25, 0.3) is 5.69 Å². The molecule has 2 aromatic rings. The van der Waals surface area contributed by atoms with Crippen molar-refractivity contribution in [2.75, 3.05) is 5.32 Å². The number of amides is 1. The van der Waals surface area contributed by atoms with Crippen molar-refractivity contribution in [3.05, 3.63) is 69.8 Å². The first-order chi connectivity index (χ1) is 11.0. The normalized spacial score (nSPS) is 20.3. The summed E-state index contributed by atoms with van der Waals surface area (Å²) >= 11 is 0. The molecule has 118 valence electrons. The summed E-state index contributed by atoms with van der Waals surface area (Å²) in [7, 11) is 0. The number of carbonyl (C=O) groups excluding carboxylic acids is 1. The Balaban J connectivity index is 1.83. The number of nitrogens with one attached hydrogen (secondary N) is 1. The van der Waals surface area contributed by atoms with Gasteiger partial charge in [0.1, 0.15) is 0 Å². The molecule has 1 aliphatic heterocycles. The number of nitrogens with two attached hydrogens (primary N) is 1. The van der Waals surface area contributed by atoms with Gasteiger partial charge in [0, 0.05) is 17.8 Å². The predicted octanol–water partition coefficient (Wildman–Crippen LogP) is 2.28. The van der Waals surface area contributed by atoms with E-state index in [-0.39, 0.29) is 17.5 Å². The van der Waals surface area contributed by atoms with E-state index in [1.807, 2.05) is 24.3 Å². The molecule has 0 spiro atoms. The van der Waals surface area contributed by atoms with E-state index < -0.39 is 11.0 Å². The molecule has 0 radical (unpaired) electrons. The number of hydrogen-bond donors (Lipinski definition) is 2. The standard InChI is InChI=1S/C17H17N3O3/c18-16-13(9-11-5-7-14(8-6-11)20(22)23)10-12-3-1-2-4-15(12)19-17(16)21/h1-8,13,16H,9-10,18H2,(H,19,21). The predicted molar refractivity (Wildman–Crippen MR) is 87.0 cm³/mol. The van der Waals surface area contributed by atoms with E-state index in [9.17, 15) is 14.9 Å². The number of nitrogens with zero attached hydrogens (tertiary/aromatic N) is 1. The van der Waals surface area contributed by atoms with Crippen LogP contribution in [0.4, 0.5) is 11.4 Å². The van der Waals surface area contributed by atoms with E-state index in [0.29, 0.717) is 12.8 Å². The van der Waals surface area contributed by atoms with Crippen molar-refractivity contribution in [1.82, 2.24) is 0 Å². The van der Waals surface area contributed by atoms with Crippen LogP contribution in [-0.2, 0) is 17.6 Å². The van der Waals surface area contributed by atoms with E-state index in [2.05, 4.69) is 5.32 Å². The summed E-state index contributed by atoms with van der Waals surface area (Å²) in [5.41, 5.74) is 8.96. The molecular formula is C17H17N3O3. The fourth-order valence-electron chi connectivity index (χ4n) is 2.92. The zero-order valence-corrected chi connectivity index (χ0v) is 12.4. The van der Waals surface area contributed by atoms with Crippen molar-refractivity contribution in [3.63, 3.8) is 0 Å². The molecule has 6 nitrogen and oxygen atoms in total. The minimum absolute atomic E-state index is 0.0555. The first-order valence-corrected chi connectivity index (χ1v) is 7.42. The lowest BCUT2D eigenvalue weighted by Crippen LogP contribution is -2.42. The lowest BCUT2D eigenvalue weighted by Gasteiger charge is -2.20. The van der Waals surface area contributed by atoms with Gasteiger partial charge in [-0.2, -0.15) is 0 Å². The second-order valence-corrected chi connectivity index (χ2v) is 5.76. The summed E-state index contributed by atoms with van der Waals surface area (Å²) in [6.45, 7) is 0. The molecule has 23 heavy (non-hydrogen) atoms. The molecule has 1 heterocycles. The van der Waals surface area contributed by atoms with Crippen LogP contribution >= 0.6 is 0 Å². The van der Waals surface area contributed by atoms with Crippen molar-refractivity contribution >= 4 is 17.3 Å². The molecule has 1 aliphatic rings. The Kier molecular flexibility index (Phi) is 4.08. The Morgan fingerprint density at radius 1 is 1.17 bits per heavy atom. The van der Waals surface area contributed by atoms with Crippen molar-refractivity contribution in [1.29, 1.82) is 0 Å². The van der Waals surface area contributed by atoms with Crippen molar-refractivity contribution in [2.45, 2.75) is 18.9 Å². The fraction of sp³-hybridized carbons (Fsp3) is 0.235. The molecule has 1 amide bonds. The summed E-state index contributed by atoms with van der Waals surface area (Å²) < 4.78 is 0. The molecule has 0 saturated heterocycles. The van der Waals surface area contributed by atoms with Crippen LogP contribution in [0.15, 0.2) is 48.5 Å². The van der Waals surface area contributed by atoms with Crippen molar-refractivity contribution in [2.24, 2.45) is 11.7 Å². The Labute approximate surface area is 133 Å². The second-order valence-electron chi connectivity index (χ2n) is 5.76. The number of anilines is 1. The Bertz CT molecular complexity index is 743. The highest BCUT2D eigenvalue weighted by Gasteiger charge is 2.29. The number of nitro benzene ring substituents is 1. The van der Waals surface area contributed by atoms with Gasteiger partial charge in [0.05, 0.1) is 11.0 Å². The molecule has 0 saturated carbocycles. The maximum Gasteiger partial charge on any atom is 0.269 e. The molecule has 3 N–H and O–H groups in total. The van der Waals surface area contributed by atoms with Gasteiger partial charge < -0.3 is 11.1 Å². The smallest absolute Gasteiger partial charge is 0.269 e. The van der Waals surface area contributed by atoms with Gasteiger partial charge in [0.15, 0.2) is 0 Å². The van der Waals surface area contributed by atoms with E-state index in [0.717, 1.165) is 16.8 Å². The van der Waals surface area contributed by atoms with Gasteiger partial charge in [-0.15, -0.1) is 0 Å². The third-order valence-corrected chi connectivity index (χ3v) is 4.21. The van der Waals surface area contributed by atoms with Crippen molar-refractivity contribution < 1.29 is 9.72 Å². The fourth-order valence-corrected chi connectivity index (χ4v) is 2.92. The first-order valence-electron chi connectivity index (χ1n) is 7.42. The lowest BCUT2D eigenvalue weighted by atomic mass is 9.87. The molecule has 0 aliphatic carbocycles. The number of para-hydroxylation sites is 1. The Morgan fingerprint density at radius 3 is 2.57 bits per heavy atom. The molecule has 0 aromatic heterocycles. The SMILES string of the molecule is NC1C(=O)Nc2ccccc2CC1Cc1ccc([N+](=O)[O-])cc1. The third-order valence-electron chi connectivity index (χ3n) is 4.21. The van der Waals surface area contributed by atoms with Crippen molar-refractivity contribution in [3.8, 4) is 0 Å². The quantitative estimate of drug-likeness (QED) is 0.671. The average Bonchev–Trinajstić information content (AvgIpc) is 2.66. The largest absolute Gasteiger partial charge is 0.324 e. The number of rotatable bonds is 3. The maximum atomic E-state index is 12.2. The zero-order chi connectivity index (χ0) is 16.4. The third kappa shape index (κ3) is 3.22. The molecule has 6 heteroatoms. The number of nitro groups is 1. The minimum atomic E-state index is -0.613. The number of benzene rings is 2. The monoisotopic (exact) mass is 311 g/mol. The topological polar surface area (TPSA) is 98.3 Å². The molecular weight excluding hydrogens is 294 g/mol. The highest BCUT2D eigenvalue weighted by atomic mass is 16.6. The summed E-state index contributed by atoms with van der Waals surface area (Å²) in [6.07, 6.45) is 1.29. The number of non-ortho nitro benzene ring substituents is 1. The minimum Gasteiger partial charge on any atom is -0.324 e. The van der Waals surface area contributed by atoms with Gasteiger partial charge in [0.2, 0.25) is 5.91 Å². The van der Waals surface area contributed by atoms with Crippen LogP contribution in [0.5, 0.6) is 0 Å². The summed E-state index contributed by atoms with van der Waals surface area (Å²) in [5, 5.41) is 13.6. The Hall–Kier alpha value is -2.73. The van der Waals surface area contributed by atoms with Crippen LogP contribution < -0.4 is 11.1 Å². The zero-order valence-electron chi connectivity index (χ0n) is 12.4. The van der Waals surface area contributed by atoms with Gasteiger partial charge in [-0.25, -0.2) is 0 Å². The average molecular weight is 311 g/mol. The first kappa shape index (κ1) is 15.2. The van der Waals surface area contributed by atoms with E-state index >= 15 is 0 Å². The molecule has 0 bridgehead atoms. The number of carbonyl (C=O) groups is 1. The number of fused-ring (bicyclic) bond motifs is 1. The molecule has 3 rings (SSSR count). The van der Waals surface area contributed by atoms with Crippen LogP contribution in [0, 0.1) is 16.0 Å². The molecule has 0 fully saturated rings. The molecule has 2 unspecified atom stereocenters. The summed E-state index contributed by atoms with van der Waals surface area (Å²) in [5.74, 6) is -0.248. The van der Waals surface area contributed by atoms with Crippen LogP contribution in [0.1, 0.15) is 11.1 Å². The highest BCUT2D eigenvalue weighted by molar-refractivity contribution is 5.96. The van der Waals surface area contributed by atoms with Crippen LogP contribution in [0.3, 0.4) is 0 Å². The lowest BCUT2D eigenvalue weighted by molar-refractivity contribution is -0.384. The van der Waals surface area contributed by atoms with Crippen LogP contribution in [0.2, 0.25) is 0 Å². The van der Waals surface area contributed by atoms with Gasteiger partial charge >= 0.3 is 0 Å². The van der Waals surface area contributed by atoms with Gasteiger partial charge in [-0.05, 0) is 36.0 Å². The molecule has 2 aromatic carbocycles. The van der Waals surface area contributed by atoms with E-state index in [1.54, 1.807) is 12.1 Å². The van der Waals surface area contributed by atoms with Crippen LogP contribution in [-0.4, -0.2) is 16.9 Å². The Morgan fingerprint density at radius 2 is 1.87 bits per heavy atom. The van der Waals surface area contributed by atoms with Crippen LogP contribution in [0.25, 0.3) is 0 Å². The number of hydrogen-bond acceptors (Lipinski definition) is 4. The second kappa shape index (κ2) is 6.18. The van der Waals surface area contributed by atoms with E-state index in [4.69, 9.17) is 5.73 Å². The summed E-state index contributed by atoms with van der Waals surface area (Å²) in [6, 6.07) is 13.4. The van der Waals surface area contributed by atoms with Gasteiger partial charge in [-0.3, -0.25) is 14.9 Å². The highest BCUT2D eigenvalue weighted by Crippen LogP contribution is 2.27. The van der Waals surface area contributed by atoms with Gasteiger partial charge in [-0.1, -0.05) is 30.3 Å². The van der Waals surface area contributed by atoms with E-state index in [1.165, 1.54) is 12.1 Å².